The summed E-state index contributed by atoms with van der Waals surface area (Å²) in [6.45, 7) is -1.13. The van der Waals surface area contributed by atoms with Crippen LogP contribution in [0.1, 0.15) is 14.7 Å². The number of nitrogens with zero attached hydrogens (tertiary/aromatic N) is 1. The summed E-state index contributed by atoms with van der Waals surface area (Å²) in [7, 11) is 0. The summed E-state index contributed by atoms with van der Waals surface area (Å²) in [6.07, 6.45) is -6.82. The first-order valence-corrected chi connectivity index (χ1v) is 5.92. The predicted molar refractivity (Wildman–Crippen MR) is 66.2 cm³/mol. The molecule has 0 bridgehead atoms. The smallest absolute Gasteiger partial charge is 0.399 e. The Bertz CT molecular complexity index is 539. The topological polar surface area (TPSA) is 38.5 Å². The largest absolute Gasteiger partial charge is 0.413 e. The number of ether oxygens (including phenoxy) is 1. The van der Waals surface area contributed by atoms with E-state index in [4.69, 9.17) is 13.2 Å². The van der Waals surface area contributed by atoms with Crippen LogP contribution < -0.4 is 5.73 Å². The summed E-state index contributed by atoms with van der Waals surface area (Å²) < 4.78 is 74.5. The lowest BCUT2D eigenvalue weighted by molar-refractivity contribution is -0.134. The van der Waals surface area contributed by atoms with Crippen molar-refractivity contribution in [3.63, 3.8) is 0 Å². The average Bonchev–Trinajstić information content (AvgIpc) is 2.53. The van der Waals surface area contributed by atoms with Crippen LogP contribution in [0.4, 0.5) is 23.2 Å². The molecule has 2 N–H and O–H groups in total. The van der Waals surface area contributed by atoms with Gasteiger partial charge in [0.15, 0.2) is 6.04 Å². The van der Waals surface area contributed by atoms with E-state index >= 15 is 0 Å². The van der Waals surface area contributed by atoms with E-state index in [1.807, 2.05) is 0 Å². The Labute approximate surface area is 117 Å². The van der Waals surface area contributed by atoms with Gasteiger partial charge in [0.25, 0.3) is 0 Å². The highest BCUT2D eigenvalue weighted by molar-refractivity contribution is 5.47. The van der Waals surface area contributed by atoms with Crippen LogP contribution in [0.5, 0.6) is 0 Å². The van der Waals surface area contributed by atoms with Gasteiger partial charge in [0.1, 0.15) is 5.82 Å². The number of nitrogens with two attached hydrogens (primary N) is 1. The first-order valence-electron chi connectivity index (χ1n) is 6.92. The Balaban J connectivity index is 2.44. The fourth-order valence-corrected chi connectivity index (χ4v) is 2.00. The van der Waals surface area contributed by atoms with Crippen LogP contribution in [0.2, 0.25) is 0 Å². The molecule has 7 heteroatoms. The first kappa shape index (κ1) is 12.4. The molecule has 0 unspecified atom stereocenters. The lowest BCUT2D eigenvalue weighted by Crippen LogP contribution is -2.41. The molecule has 1 heterocycles. The molecule has 0 amide bonds. The van der Waals surface area contributed by atoms with Crippen molar-refractivity contribution in [2.75, 3.05) is 32.0 Å². The minimum absolute atomic E-state index is 0.00719. The molecule has 1 aromatic carbocycles. The van der Waals surface area contributed by atoms with Gasteiger partial charge in [-0.1, -0.05) is 0 Å². The third kappa shape index (κ3) is 3.40. The SMILES string of the molecule is [2H]C1([2H])COCCN([C](c2cc(N)ccc2F)C(F)(F)F)C1. The zero-order chi connectivity index (χ0) is 16.5. The summed E-state index contributed by atoms with van der Waals surface area (Å²) in [4.78, 5) is 0.769. The van der Waals surface area contributed by atoms with Gasteiger partial charge in [-0.15, -0.1) is 0 Å². The molecule has 2 rings (SSSR count). The minimum Gasteiger partial charge on any atom is -0.399 e. The Morgan fingerprint density at radius 1 is 1.30 bits per heavy atom. The first-order chi connectivity index (χ1) is 10.1. The number of anilines is 1. The Morgan fingerprint density at radius 3 is 2.75 bits per heavy atom. The van der Waals surface area contributed by atoms with E-state index in [0.717, 1.165) is 23.1 Å². The molecule has 0 saturated carbocycles. The fourth-order valence-electron chi connectivity index (χ4n) is 2.00. The van der Waals surface area contributed by atoms with Gasteiger partial charge >= 0.3 is 6.18 Å². The van der Waals surface area contributed by atoms with Crippen LogP contribution in [0.3, 0.4) is 0 Å². The number of alkyl halides is 3. The second-order valence-electron chi connectivity index (χ2n) is 4.31. The molecule has 0 atom stereocenters. The van der Waals surface area contributed by atoms with E-state index in [-0.39, 0.29) is 25.4 Å². The van der Waals surface area contributed by atoms with Gasteiger partial charge in [0.2, 0.25) is 0 Å². The number of nitrogen functional groups attached to an aromatic ring is 1. The van der Waals surface area contributed by atoms with E-state index in [2.05, 4.69) is 0 Å². The monoisotopic (exact) mass is 293 g/mol. The zero-order valence-electron chi connectivity index (χ0n) is 12.5. The zero-order valence-corrected chi connectivity index (χ0v) is 10.5. The molecule has 111 valence electrons. The van der Waals surface area contributed by atoms with Crippen LogP contribution in [0, 0.1) is 11.9 Å². The Kier molecular flexibility index (Phi) is 3.70. The number of hydrogen-bond acceptors (Lipinski definition) is 3. The maximum atomic E-state index is 13.9. The molecular formula is C13H15F4N2O. The molecule has 1 fully saturated rings. The van der Waals surface area contributed by atoms with E-state index in [9.17, 15) is 17.6 Å². The van der Waals surface area contributed by atoms with E-state index < -0.39 is 36.5 Å². The average molecular weight is 293 g/mol. The highest BCUT2D eigenvalue weighted by Crippen LogP contribution is 2.38. The minimum atomic E-state index is -4.85. The van der Waals surface area contributed by atoms with Crippen LogP contribution in [0.15, 0.2) is 18.2 Å². The molecule has 1 radical (unpaired) electrons. The normalized spacial score (nSPS) is 22.2. The number of rotatable bonds is 2. The summed E-state index contributed by atoms with van der Waals surface area (Å²) >= 11 is 0. The van der Waals surface area contributed by atoms with E-state index in [1.54, 1.807) is 0 Å². The fraction of sp³-hybridized carbons (Fsp3) is 0.462. The summed E-state index contributed by atoms with van der Waals surface area (Å²) in [5.74, 6) is -1.06. The van der Waals surface area contributed by atoms with E-state index in [1.165, 1.54) is 0 Å². The van der Waals surface area contributed by atoms with Crippen LogP contribution in [-0.2, 0) is 4.74 Å². The van der Waals surface area contributed by atoms with Crippen LogP contribution in [0.25, 0.3) is 0 Å². The Hall–Kier alpha value is -1.34. The van der Waals surface area contributed by atoms with Gasteiger partial charge in [-0.2, -0.15) is 13.2 Å². The quantitative estimate of drug-likeness (QED) is 0.673. The molecular weight excluding hydrogens is 276 g/mol. The van der Waals surface area contributed by atoms with E-state index in [0.29, 0.717) is 0 Å². The van der Waals surface area contributed by atoms with Crippen molar-refractivity contribution in [1.82, 2.24) is 4.90 Å². The molecule has 0 aromatic heterocycles. The molecule has 1 saturated heterocycles. The third-order valence-electron chi connectivity index (χ3n) is 2.84. The van der Waals surface area contributed by atoms with Crippen molar-refractivity contribution in [2.45, 2.75) is 12.5 Å². The highest BCUT2D eigenvalue weighted by atomic mass is 19.4. The molecule has 20 heavy (non-hydrogen) atoms. The molecule has 1 aliphatic rings. The number of benzene rings is 1. The second kappa shape index (κ2) is 5.97. The van der Waals surface area contributed by atoms with Crippen LogP contribution in [-0.4, -0.2) is 37.4 Å². The van der Waals surface area contributed by atoms with Crippen LogP contribution >= 0.6 is 0 Å². The molecule has 3 nitrogen and oxygen atoms in total. The van der Waals surface area contributed by atoms with Gasteiger partial charge in [0, 0.05) is 33.7 Å². The lowest BCUT2D eigenvalue weighted by atomic mass is 10.0. The van der Waals surface area contributed by atoms with Gasteiger partial charge < -0.3 is 10.5 Å². The molecule has 1 aliphatic heterocycles. The van der Waals surface area contributed by atoms with Gasteiger partial charge in [-0.3, -0.25) is 4.90 Å². The lowest BCUT2D eigenvalue weighted by Gasteiger charge is -2.31. The van der Waals surface area contributed by atoms with Crippen molar-refractivity contribution < 1.29 is 25.0 Å². The molecule has 1 aromatic rings. The van der Waals surface area contributed by atoms with Crippen molar-refractivity contribution in [2.24, 2.45) is 0 Å². The van der Waals surface area contributed by atoms with Crippen molar-refractivity contribution in [1.29, 1.82) is 0 Å². The number of hydrogen-bond donors (Lipinski definition) is 1. The van der Waals surface area contributed by atoms with Gasteiger partial charge in [-0.05, 0) is 24.6 Å². The standard InChI is InChI=1S/C13H15F4N2O/c14-11-3-2-9(18)8-10(11)12(13(15,16)17)19-4-1-6-20-7-5-19/h2-3,8H,1,4-7,18H2/i1D2. The van der Waals surface area contributed by atoms with Crippen molar-refractivity contribution >= 4 is 5.69 Å². The van der Waals surface area contributed by atoms with Crippen molar-refractivity contribution in [3.05, 3.63) is 35.6 Å². The second-order valence-corrected chi connectivity index (χ2v) is 4.31. The molecule has 0 spiro atoms. The highest BCUT2D eigenvalue weighted by Gasteiger charge is 2.47. The summed E-state index contributed by atoms with van der Waals surface area (Å²) in [5, 5.41) is 0. The van der Waals surface area contributed by atoms with Gasteiger partial charge in [0.05, 0.1) is 6.61 Å². The Morgan fingerprint density at radius 2 is 2.05 bits per heavy atom. The van der Waals surface area contributed by atoms with Gasteiger partial charge in [-0.25, -0.2) is 4.39 Å². The number of halogens is 4. The summed E-state index contributed by atoms with van der Waals surface area (Å²) in [6, 6.07) is 1.68. The summed E-state index contributed by atoms with van der Waals surface area (Å²) in [5.41, 5.74) is 4.76. The maximum Gasteiger partial charge on any atom is 0.413 e. The molecule has 0 aliphatic carbocycles. The third-order valence-corrected chi connectivity index (χ3v) is 2.84. The van der Waals surface area contributed by atoms with Crippen molar-refractivity contribution in [3.8, 4) is 0 Å². The maximum absolute atomic E-state index is 13.9. The predicted octanol–water partition coefficient (Wildman–Crippen LogP) is 2.57.